The molecule has 0 radical (unpaired) electrons. The van der Waals surface area contributed by atoms with Crippen molar-refractivity contribution < 1.29 is 28.0 Å². The van der Waals surface area contributed by atoms with Crippen molar-refractivity contribution in [3.8, 4) is 0 Å². The van der Waals surface area contributed by atoms with Crippen LogP contribution in [0.4, 0.5) is 0 Å². The summed E-state index contributed by atoms with van der Waals surface area (Å²) in [5, 5.41) is 7.89. The fourth-order valence-corrected chi connectivity index (χ4v) is 2.38. The van der Waals surface area contributed by atoms with Crippen LogP contribution in [0.3, 0.4) is 0 Å². The molecule has 7 heteroatoms. The molecule has 100 valence electrons. The lowest BCUT2D eigenvalue weighted by Crippen LogP contribution is -2.42. The van der Waals surface area contributed by atoms with Crippen molar-refractivity contribution in [2.24, 2.45) is 0 Å². The first-order valence-corrected chi connectivity index (χ1v) is 6.80. The smallest absolute Gasteiger partial charge is 0.478 e. The maximum Gasteiger partial charge on any atom is 0.500 e. The quantitative estimate of drug-likeness (QED) is 0.421. The number of carbonyl (C=O) groups excluding carboxylic acids is 1. The molecule has 0 amide bonds. The molecule has 1 N–H and O–H groups in total. The third-order valence-electron chi connectivity index (χ3n) is 1.87. The van der Waals surface area contributed by atoms with Crippen molar-refractivity contribution in [2.45, 2.75) is 19.4 Å². The van der Waals surface area contributed by atoms with Crippen molar-refractivity contribution in [1.29, 1.82) is 0 Å². The molecule has 0 aliphatic rings. The van der Waals surface area contributed by atoms with Gasteiger partial charge in [-0.25, -0.2) is 4.79 Å². The highest BCUT2D eigenvalue weighted by atomic mass is 28.4. The molecule has 0 aromatic heterocycles. The van der Waals surface area contributed by atoms with Crippen molar-refractivity contribution >= 4 is 21.1 Å². The van der Waals surface area contributed by atoms with E-state index in [9.17, 15) is 9.59 Å². The maximum absolute atomic E-state index is 10.1. The number of aldehydes is 1. The normalized spacial score (nSPS) is 10.1. The van der Waals surface area contributed by atoms with Gasteiger partial charge in [0.15, 0.2) is 0 Å². The summed E-state index contributed by atoms with van der Waals surface area (Å²) in [5.41, 5.74) is 0.176. The first kappa shape index (κ1) is 18.3. The van der Waals surface area contributed by atoms with Crippen molar-refractivity contribution in [3.05, 3.63) is 12.2 Å². The van der Waals surface area contributed by atoms with Crippen LogP contribution in [-0.4, -0.2) is 47.5 Å². The van der Waals surface area contributed by atoms with Crippen molar-refractivity contribution in [1.82, 2.24) is 0 Å². The van der Waals surface area contributed by atoms with Crippen molar-refractivity contribution in [2.75, 3.05) is 21.3 Å². The number of carbonyl (C=O) groups is 2. The Morgan fingerprint density at radius 1 is 1.29 bits per heavy atom. The summed E-state index contributed by atoms with van der Waals surface area (Å²) in [4.78, 5) is 19.7. The fraction of sp³-hybridized carbons (Fsp3) is 0.600. The highest BCUT2D eigenvalue weighted by molar-refractivity contribution is 6.60. The summed E-state index contributed by atoms with van der Waals surface area (Å²) >= 11 is 0. The number of rotatable bonds is 7. The van der Waals surface area contributed by atoms with Gasteiger partial charge in [-0.2, -0.15) is 0 Å². The standard InChI is InChI=1S/C6H14O4Si.C4H6O2/c1-8-11(9-2,10-3)6-4-5-7;1-3(2)4(5)6/h5H,4,6H2,1-3H3;1H2,2H3,(H,5,6). The Labute approximate surface area is 103 Å². The van der Waals surface area contributed by atoms with E-state index < -0.39 is 14.8 Å². The summed E-state index contributed by atoms with van der Waals surface area (Å²) in [7, 11) is 2.13. The molecule has 0 aliphatic carbocycles. The molecule has 0 saturated heterocycles. The summed E-state index contributed by atoms with van der Waals surface area (Å²) < 4.78 is 15.2. The first-order valence-electron chi connectivity index (χ1n) is 4.87. The van der Waals surface area contributed by atoms with Crippen LogP contribution < -0.4 is 0 Å². The second kappa shape index (κ2) is 10.2. The van der Waals surface area contributed by atoms with Crippen LogP contribution in [0.15, 0.2) is 12.2 Å². The molecule has 0 aromatic rings. The molecule has 0 saturated carbocycles. The van der Waals surface area contributed by atoms with E-state index >= 15 is 0 Å². The minimum atomic E-state index is -2.47. The van der Waals surface area contributed by atoms with Crippen LogP contribution in [0.25, 0.3) is 0 Å². The van der Waals surface area contributed by atoms with Gasteiger partial charge in [0.1, 0.15) is 6.29 Å². The van der Waals surface area contributed by atoms with E-state index in [1.54, 1.807) is 0 Å². The number of hydrogen-bond acceptors (Lipinski definition) is 5. The first-order chi connectivity index (χ1) is 7.89. The SMILES string of the molecule is C=C(C)C(=O)O.CO[Si](CCC=O)(OC)OC. The monoisotopic (exact) mass is 264 g/mol. The van der Waals surface area contributed by atoms with Gasteiger partial charge < -0.3 is 23.2 Å². The van der Waals surface area contributed by atoms with Crippen LogP contribution in [0.2, 0.25) is 6.04 Å². The second-order valence-corrected chi connectivity index (χ2v) is 6.18. The van der Waals surface area contributed by atoms with Gasteiger partial charge in [-0.1, -0.05) is 6.58 Å². The zero-order valence-corrected chi connectivity index (χ0v) is 11.7. The summed E-state index contributed by atoms with van der Waals surface area (Å²) in [5.74, 6) is -0.935. The minimum absolute atomic E-state index is 0.176. The van der Waals surface area contributed by atoms with Gasteiger partial charge in [-0.15, -0.1) is 0 Å². The molecule has 0 atom stereocenters. The van der Waals surface area contributed by atoms with Crippen LogP contribution in [0, 0.1) is 0 Å². The molecule has 17 heavy (non-hydrogen) atoms. The molecule has 0 aliphatic heterocycles. The molecule has 0 spiro atoms. The van der Waals surface area contributed by atoms with Crippen LogP contribution in [-0.2, 0) is 22.9 Å². The van der Waals surface area contributed by atoms with Crippen LogP contribution in [0.1, 0.15) is 13.3 Å². The van der Waals surface area contributed by atoms with E-state index in [1.165, 1.54) is 28.3 Å². The molecule has 0 aromatic carbocycles. The fourth-order valence-electron chi connectivity index (χ4n) is 0.792. The minimum Gasteiger partial charge on any atom is -0.478 e. The Morgan fingerprint density at radius 2 is 1.65 bits per heavy atom. The predicted octanol–water partition coefficient (Wildman–Crippen LogP) is 1.10. The van der Waals surface area contributed by atoms with Gasteiger partial charge in [0, 0.05) is 39.4 Å². The summed E-state index contributed by atoms with van der Waals surface area (Å²) in [6.07, 6.45) is 1.25. The second-order valence-electron chi connectivity index (χ2n) is 3.09. The predicted molar refractivity (Wildman–Crippen MR) is 64.7 cm³/mol. The van der Waals surface area contributed by atoms with Crippen LogP contribution in [0.5, 0.6) is 0 Å². The molecule has 0 rings (SSSR count). The van der Waals surface area contributed by atoms with E-state index in [1.807, 2.05) is 0 Å². The Hall–Kier alpha value is -1.02. The molecular formula is C10H20O6Si. The van der Waals surface area contributed by atoms with Gasteiger partial charge in [0.2, 0.25) is 0 Å². The zero-order chi connectivity index (χ0) is 13.9. The molecule has 0 bridgehead atoms. The van der Waals surface area contributed by atoms with Crippen molar-refractivity contribution in [3.63, 3.8) is 0 Å². The number of aliphatic carboxylic acids is 1. The largest absolute Gasteiger partial charge is 0.500 e. The van der Waals surface area contributed by atoms with E-state index in [2.05, 4.69) is 6.58 Å². The van der Waals surface area contributed by atoms with E-state index in [0.717, 1.165) is 6.29 Å². The number of carboxylic acids is 1. The lowest BCUT2D eigenvalue weighted by Gasteiger charge is -2.23. The Kier molecular flexibility index (Phi) is 11.0. The lowest BCUT2D eigenvalue weighted by atomic mass is 10.4. The van der Waals surface area contributed by atoms with Gasteiger partial charge in [0.05, 0.1) is 0 Å². The van der Waals surface area contributed by atoms with E-state index in [4.69, 9.17) is 18.4 Å². The third-order valence-corrected chi connectivity index (χ3v) is 4.63. The highest BCUT2D eigenvalue weighted by Crippen LogP contribution is 2.13. The van der Waals surface area contributed by atoms with Gasteiger partial charge >= 0.3 is 14.8 Å². The van der Waals surface area contributed by atoms with Gasteiger partial charge in [-0.05, 0) is 6.92 Å². The molecule has 0 heterocycles. The molecular weight excluding hydrogens is 244 g/mol. The average molecular weight is 264 g/mol. The molecule has 0 unspecified atom stereocenters. The highest BCUT2D eigenvalue weighted by Gasteiger charge is 2.36. The maximum atomic E-state index is 10.1. The molecule has 0 fully saturated rings. The van der Waals surface area contributed by atoms with Gasteiger partial charge in [-0.3, -0.25) is 0 Å². The third kappa shape index (κ3) is 8.75. The van der Waals surface area contributed by atoms with Gasteiger partial charge in [0.25, 0.3) is 0 Å². The summed E-state index contributed by atoms with van der Waals surface area (Å²) in [6.45, 7) is 4.60. The Morgan fingerprint density at radius 3 is 1.82 bits per heavy atom. The Bertz CT molecular complexity index is 229. The molecule has 6 nitrogen and oxygen atoms in total. The summed E-state index contributed by atoms with van der Waals surface area (Å²) in [6, 6.07) is 0.542. The Balaban J connectivity index is 0. The van der Waals surface area contributed by atoms with E-state index in [0.29, 0.717) is 12.5 Å². The topological polar surface area (TPSA) is 82.1 Å². The lowest BCUT2D eigenvalue weighted by molar-refractivity contribution is -0.132. The number of hydrogen-bond donors (Lipinski definition) is 1. The van der Waals surface area contributed by atoms with Crippen LogP contribution >= 0.6 is 0 Å². The zero-order valence-electron chi connectivity index (χ0n) is 10.7. The van der Waals surface area contributed by atoms with E-state index in [-0.39, 0.29) is 5.57 Å². The number of carboxylic acid groups (broad SMARTS) is 1. The average Bonchev–Trinajstić information content (AvgIpc) is 2.32.